The van der Waals surface area contributed by atoms with Crippen molar-refractivity contribution in [2.24, 2.45) is 17.6 Å². The molecule has 22 heavy (non-hydrogen) atoms. The van der Waals surface area contributed by atoms with Gasteiger partial charge in [-0.2, -0.15) is 4.98 Å². The lowest BCUT2D eigenvalue weighted by Crippen LogP contribution is -2.50. The minimum Gasteiger partial charge on any atom is -0.343 e. The predicted molar refractivity (Wildman–Crippen MR) is 81.8 cm³/mol. The Hall–Kier alpha value is -1.43. The summed E-state index contributed by atoms with van der Waals surface area (Å²) < 4.78 is 5.16. The molecule has 2 atom stereocenters. The Bertz CT molecular complexity index is 522. The number of nitrogens with two attached hydrogens (primary N) is 1. The molecule has 3 rings (SSSR count). The Morgan fingerprint density at radius 2 is 2.09 bits per heavy atom. The van der Waals surface area contributed by atoms with E-state index in [1.165, 1.54) is 6.42 Å². The van der Waals surface area contributed by atoms with Crippen LogP contribution in [0.5, 0.6) is 0 Å². The Labute approximate surface area is 131 Å². The number of nitrogens with zero attached hydrogens (tertiary/aromatic N) is 2. The molecule has 0 saturated heterocycles. The molecule has 1 aromatic rings. The normalized spacial score (nSPS) is 27.7. The van der Waals surface area contributed by atoms with Crippen molar-refractivity contribution >= 4 is 5.91 Å². The average Bonchev–Trinajstić information content (AvgIpc) is 3.16. The molecule has 0 radical (unpaired) electrons. The molecule has 6 nitrogen and oxygen atoms in total. The third-order valence-electron chi connectivity index (χ3n) is 5.32. The first kappa shape index (κ1) is 15.5. The van der Waals surface area contributed by atoms with Gasteiger partial charge in [0, 0.05) is 12.8 Å². The highest BCUT2D eigenvalue weighted by atomic mass is 16.5. The topological polar surface area (TPSA) is 94.0 Å². The van der Waals surface area contributed by atoms with Crippen molar-refractivity contribution in [3.05, 3.63) is 11.7 Å². The van der Waals surface area contributed by atoms with E-state index in [9.17, 15) is 4.79 Å². The predicted octanol–water partition coefficient (Wildman–Crippen LogP) is 2.03. The van der Waals surface area contributed by atoms with Crippen LogP contribution in [0.2, 0.25) is 0 Å². The SMILES string of the molecule is Cc1nc(C2(NC(=O)[C@@H]3CCC[C@@H]3CN)CCCCC2)no1. The molecular weight excluding hydrogens is 280 g/mol. The van der Waals surface area contributed by atoms with Crippen LogP contribution >= 0.6 is 0 Å². The first-order valence-electron chi connectivity index (χ1n) is 8.47. The van der Waals surface area contributed by atoms with Gasteiger partial charge in [0.2, 0.25) is 11.8 Å². The van der Waals surface area contributed by atoms with E-state index >= 15 is 0 Å². The molecule has 0 aliphatic heterocycles. The number of amides is 1. The Morgan fingerprint density at radius 3 is 2.73 bits per heavy atom. The molecule has 2 aliphatic carbocycles. The summed E-state index contributed by atoms with van der Waals surface area (Å²) >= 11 is 0. The second-order valence-electron chi connectivity index (χ2n) is 6.80. The van der Waals surface area contributed by atoms with Gasteiger partial charge < -0.3 is 15.6 Å². The lowest BCUT2D eigenvalue weighted by Gasteiger charge is -2.36. The first-order chi connectivity index (χ1) is 10.6. The standard InChI is InChI=1S/C16H26N4O2/c1-11-18-15(20-22-11)16(8-3-2-4-9-16)19-14(21)13-7-5-6-12(13)10-17/h12-13H,2-10,17H2,1H3,(H,19,21)/t12-,13-/m1/s1. The van der Waals surface area contributed by atoms with Crippen LogP contribution < -0.4 is 11.1 Å². The number of aromatic nitrogens is 2. The maximum atomic E-state index is 12.8. The fourth-order valence-corrected chi connectivity index (χ4v) is 4.05. The Balaban J connectivity index is 1.80. The van der Waals surface area contributed by atoms with E-state index in [4.69, 9.17) is 10.3 Å². The summed E-state index contributed by atoms with van der Waals surface area (Å²) in [5.41, 5.74) is 5.37. The van der Waals surface area contributed by atoms with Crippen molar-refractivity contribution in [1.82, 2.24) is 15.5 Å². The van der Waals surface area contributed by atoms with Crippen molar-refractivity contribution < 1.29 is 9.32 Å². The van der Waals surface area contributed by atoms with Crippen molar-refractivity contribution in [3.8, 4) is 0 Å². The molecule has 6 heteroatoms. The van der Waals surface area contributed by atoms with E-state index in [2.05, 4.69) is 15.5 Å². The van der Waals surface area contributed by atoms with Gasteiger partial charge in [-0.25, -0.2) is 0 Å². The van der Waals surface area contributed by atoms with Gasteiger partial charge in [-0.05, 0) is 38.1 Å². The number of aryl methyl sites for hydroxylation is 1. The molecule has 0 spiro atoms. The Morgan fingerprint density at radius 1 is 1.32 bits per heavy atom. The fraction of sp³-hybridized carbons (Fsp3) is 0.812. The van der Waals surface area contributed by atoms with Gasteiger partial charge in [0.1, 0.15) is 5.54 Å². The largest absolute Gasteiger partial charge is 0.343 e. The lowest BCUT2D eigenvalue weighted by molar-refractivity contribution is -0.128. The number of hydrogen-bond acceptors (Lipinski definition) is 5. The van der Waals surface area contributed by atoms with Crippen LogP contribution in [0.25, 0.3) is 0 Å². The molecule has 1 heterocycles. The smallest absolute Gasteiger partial charge is 0.224 e. The summed E-state index contributed by atoms with van der Waals surface area (Å²) in [4.78, 5) is 17.2. The van der Waals surface area contributed by atoms with Crippen LogP contribution in [0.1, 0.15) is 63.1 Å². The molecule has 2 fully saturated rings. The lowest BCUT2D eigenvalue weighted by atomic mass is 9.80. The Kier molecular flexibility index (Phi) is 4.47. The van der Waals surface area contributed by atoms with E-state index in [1.807, 2.05) is 0 Å². The zero-order valence-electron chi connectivity index (χ0n) is 13.3. The van der Waals surface area contributed by atoms with Crippen molar-refractivity contribution in [2.45, 2.75) is 63.8 Å². The zero-order chi connectivity index (χ0) is 15.6. The summed E-state index contributed by atoms with van der Waals surface area (Å²) in [5.74, 6) is 1.66. The van der Waals surface area contributed by atoms with E-state index < -0.39 is 5.54 Å². The number of carbonyl (C=O) groups is 1. The van der Waals surface area contributed by atoms with Crippen molar-refractivity contribution in [2.75, 3.05) is 6.54 Å². The van der Waals surface area contributed by atoms with Gasteiger partial charge in [-0.3, -0.25) is 4.79 Å². The second kappa shape index (κ2) is 6.36. The molecule has 2 aliphatic rings. The van der Waals surface area contributed by atoms with Crippen LogP contribution in [-0.2, 0) is 10.3 Å². The van der Waals surface area contributed by atoms with Crippen molar-refractivity contribution in [1.29, 1.82) is 0 Å². The summed E-state index contributed by atoms with van der Waals surface area (Å²) in [6.45, 7) is 2.38. The van der Waals surface area contributed by atoms with E-state index in [0.717, 1.165) is 44.9 Å². The van der Waals surface area contributed by atoms with Crippen LogP contribution in [0, 0.1) is 18.8 Å². The molecule has 0 aromatic carbocycles. The summed E-state index contributed by atoms with van der Waals surface area (Å²) in [7, 11) is 0. The minimum absolute atomic E-state index is 0.0387. The summed E-state index contributed by atoms with van der Waals surface area (Å²) in [5, 5.41) is 7.39. The molecule has 1 amide bonds. The molecule has 3 N–H and O–H groups in total. The highest BCUT2D eigenvalue weighted by Crippen LogP contribution is 2.38. The van der Waals surface area contributed by atoms with Gasteiger partial charge in [-0.1, -0.05) is 30.8 Å². The van der Waals surface area contributed by atoms with Gasteiger partial charge in [-0.15, -0.1) is 0 Å². The molecule has 122 valence electrons. The van der Waals surface area contributed by atoms with E-state index in [1.54, 1.807) is 6.92 Å². The van der Waals surface area contributed by atoms with Crippen molar-refractivity contribution in [3.63, 3.8) is 0 Å². The summed E-state index contributed by atoms with van der Waals surface area (Å²) in [6.07, 6.45) is 8.22. The van der Waals surface area contributed by atoms with E-state index in [0.29, 0.717) is 24.2 Å². The maximum absolute atomic E-state index is 12.8. The van der Waals surface area contributed by atoms with E-state index in [-0.39, 0.29) is 11.8 Å². The molecule has 0 bridgehead atoms. The van der Waals surface area contributed by atoms with Crippen LogP contribution in [0.4, 0.5) is 0 Å². The monoisotopic (exact) mass is 306 g/mol. The minimum atomic E-state index is -0.450. The molecule has 1 aromatic heterocycles. The van der Waals surface area contributed by atoms with Gasteiger partial charge >= 0.3 is 0 Å². The second-order valence-corrected chi connectivity index (χ2v) is 6.80. The van der Waals surface area contributed by atoms with Gasteiger partial charge in [0.05, 0.1) is 0 Å². The maximum Gasteiger partial charge on any atom is 0.224 e. The van der Waals surface area contributed by atoms with Crippen LogP contribution in [0.3, 0.4) is 0 Å². The molecular formula is C16H26N4O2. The molecule has 2 saturated carbocycles. The van der Waals surface area contributed by atoms with Gasteiger partial charge in [0.25, 0.3) is 0 Å². The number of hydrogen-bond donors (Lipinski definition) is 2. The third kappa shape index (κ3) is 2.89. The average molecular weight is 306 g/mol. The molecule has 0 unspecified atom stereocenters. The number of rotatable bonds is 4. The highest BCUT2D eigenvalue weighted by Gasteiger charge is 2.42. The zero-order valence-corrected chi connectivity index (χ0v) is 13.3. The highest BCUT2D eigenvalue weighted by molar-refractivity contribution is 5.80. The van der Waals surface area contributed by atoms with Crippen LogP contribution in [-0.4, -0.2) is 22.6 Å². The quantitative estimate of drug-likeness (QED) is 0.887. The van der Waals surface area contributed by atoms with Gasteiger partial charge in [0.15, 0.2) is 5.82 Å². The number of carbonyl (C=O) groups excluding carboxylic acids is 1. The first-order valence-corrected chi connectivity index (χ1v) is 8.47. The van der Waals surface area contributed by atoms with Crippen LogP contribution in [0.15, 0.2) is 4.52 Å². The summed E-state index contributed by atoms with van der Waals surface area (Å²) in [6, 6.07) is 0. The number of nitrogens with one attached hydrogen (secondary N) is 1. The fourth-order valence-electron chi connectivity index (χ4n) is 4.05. The third-order valence-corrected chi connectivity index (χ3v) is 5.32.